The van der Waals surface area contributed by atoms with Crippen LogP contribution in [0.15, 0.2) is 243 Å². The van der Waals surface area contributed by atoms with E-state index in [9.17, 15) is 14.4 Å². The molecule has 0 fully saturated rings. The van der Waals surface area contributed by atoms with Crippen molar-refractivity contribution < 1.29 is 53.0 Å². The first-order valence-corrected chi connectivity index (χ1v) is 41.9. The Labute approximate surface area is 590 Å². The molecule has 0 radical (unpaired) electrons. The van der Waals surface area contributed by atoms with Crippen LogP contribution >= 0.6 is 0 Å². The minimum atomic E-state index is -0.245. The number of aliphatic hydroxyl groups excluding tert-OH is 2. The second-order valence-electron chi connectivity index (χ2n) is 18.8. The number of carbonyl (C=O) groups is 3. The number of hydrogen-bond donors (Lipinski definition) is 2. The maximum Gasteiger partial charge on any atom is 0.302 e. The Morgan fingerprint density at radius 1 is 0.269 bits per heavy atom. The zero-order valence-corrected chi connectivity index (χ0v) is 77.5. The molecule has 0 saturated heterocycles. The van der Waals surface area contributed by atoms with Gasteiger partial charge in [0, 0.05) is 160 Å². The fourth-order valence-electron chi connectivity index (χ4n) is 6.01. The summed E-state index contributed by atoms with van der Waals surface area (Å²) < 4.78 is 25.1. The molecule has 0 atom stereocenters. The lowest BCUT2D eigenvalue weighted by Gasteiger charge is -1.93. The van der Waals surface area contributed by atoms with Gasteiger partial charge >= 0.3 is 17.9 Å². The molecule has 11 nitrogen and oxygen atoms in total. The SMILES string of the molecule is CO.CO.COC.COC.COC.COC(C)=O.COC(C)=O.COC(C)=O.[SiH3]CCc1ccccc1.[SiH3]CCc1ccccc1.[SiH3]CCc1ccccc1.[SiH3]Cc1ccccc1.[SiH3]Cc1ccccc1.[SiH3]Cc1ccccc1.[SiH3]c1ccccc1.[SiH3]c1ccccc1. The van der Waals surface area contributed by atoms with E-state index in [1.807, 2.05) is 12.1 Å². The predicted molar refractivity (Wildman–Crippen MR) is 435 cm³/mol. The standard InChI is InChI=1S/3C8H12Si.3C7H10Si.2C6H8Si.3C3H6O2.3C2H6O.2CH4O/c3*9-7-6-8-4-2-1-3-5-8;3*8-6-7-4-2-1-3-5-7;2*7-6-4-2-1-3-5-6;3*1-3(4)5-2;3*1-3-2;2*1-2/h3*1-5H,6-7H2,9H3;3*1-5H,6H2,8H3;2*1-5H,7H3;3*1-2H3;3*1-2H3;2*2H,1H3. The molecule has 0 aliphatic heterocycles. The molecule has 8 rings (SSSR count). The van der Waals surface area contributed by atoms with Crippen molar-refractivity contribution in [2.24, 2.45) is 0 Å². The van der Waals surface area contributed by atoms with Gasteiger partial charge in [-0.1, -0.05) is 288 Å². The summed E-state index contributed by atoms with van der Waals surface area (Å²) in [5.74, 6) is -0.736. The Hall–Kier alpha value is -6.29. The maximum absolute atomic E-state index is 9.59. The van der Waals surface area contributed by atoms with Crippen LogP contribution in [0.5, 0.6) is 0 Å². The van der Waals surface area contributed by atoms with E-state index in [0.29, 0.717) is 0 Å². The lowest BCUT2D eigenvalue weighted by atomic mass is 10.2. The van der Waals surface area contributed by atoms with Crippen LogP contribution in [0, 0.1) is 0 Å². The van der Waals surface area contributed by atoms with Crippen molar-refractivity contribution in [3.63, 3.8) is 0 Å². The van der Waals surface area contributed by atoms with E-state index in [1.54, 1.807) is 42.7 Å². The number of methoxy groups -OCH3 is 6. The van der Waals surface area contributed by atoms with Gasteiger partial charge in [-0.2, -0.15) is 0 Å². The van der Waals surface area contributed by atoms with Crippen molar-refractivity contribution >= 4 is 110 Å². The van der Waals surface area contributed by atoms with Crippen molar-refractivity contribution in [3.8, 4) is 0 Å². The highest BCUT2D eigenvalue weighted by Gasteiger charge is 1.88. The van der Waals surface area contributed by atoms with Crippen molar-refractivity contribution in [1.29, 1.82) is 0 Å². The molecule has 2 N–H and O–H groups in total. The van der Waals surface area contributed by atoms with Gasteiger partial charge in [0.05, 0.1) is 21.3 Å². The summed E-state index contributed by atoms with van der Waals surface area (Å²) in [5, 5.41) is 16.9. The van der Waals surface area contributed by atoms with Crippen LogP contribution in [0.1, 0.15) is 54.2 Å². The second-order valence-corrected chi connectivity index (χ2v) is 26.3. The third kappa shape index (κ3) is 96.9. The van der Waals surface area contributed by atoms with Gasteiger partial charge in [-0.3, -0.25) is 14.4 Å². The summed E-state index contributed by atoms with van der Waals surface area (Å²) in [7, 11) is 25.9. The largest absolute Gasteiger partial charge is 0.469 e. The van der Waals surface area contributed by atoms with Gasteiger partial charge in [0.2, 0.25) is 0 Å². The van der Waals surface area contributed by atoms with Gasteiger partial charge in [0.1, 0.15) is 0 Å². The Morgan fingerprint density at radius 2 is 0.387 bits per heavy atom. The van der Waals surface area contributed by atoms with E-state index in [1.165, 1.54) is 223 Å². The Morgan fingerprint density at radius 3 is 0.462 bits per heavy atom. The van der Waals surface area contributed by atoms with E-state index < -0.39 is 0 Å². The third-order valence-corrected chi connectivity index (χ3v) is 15.9. The molecule has 0 heterocycles. The third-order valence-electron chi connectivity index (χ3n) is 10.6. The molecule has 8 aromatic carbocycles. The van der Waals surface area contributed by atoms with Crippen LogP contribution in [0.4, 0.5) is 0 Å². The van der Waals surface area contributed by atoms with E-state index >= 15 is 0 Å². The van der Waals surface area contributed by atoms with Crippen LogP contribution in [-0.4, -0.2) is 188 Å². The molecule has 19 heteroatoms. The predicted octanol–water partition coefficient (Wildman–Crippen LogP) is 4.59. The molecule has 520 valence electrons. The summed E-state index contributed by atoms with van der Waals surface area (Å²) in [6.07, 6.45) is 3.81. The van der Waals surface area contributed by atoms with Gasteiger partial charge in [0.15, 0.2) is 0 Å². The van der Waals surface area contributed by atoms with Gasteiger partial charge in [0.25, 0.3) is 0 Å². The number of benzene rings is 8. The topological polar surface area (TPSA) is 147 Å². The summed E-state index contributed by atoms with van der Waals surface area (Å²) in [6, 6.07) is 92.7. The number of carbonyl (C=O) groups excluding carboxylic acids is 3. The van der Waals surface area contributed by atoms with Gasteiger partial charge in [-0.05, 0) is 54.1 Å². The number of ether oxygens (including phenoxy) is 6. The fourth-order valence-corrected chi connectivity index (χ4v) is 9.93. The van der Waals surface area contributed by atoms with E-state index in [0.717, 1.165) is 14.2 Å². The first-order chi connectivity index (χ1) is 44.9. The second kappa shape index (κ2) is 92.1. The normalized spacial score (nSPS) is 8.47. The van der Waals surface area contributed by atoms with Crippen LogP contribution in [-0.2, 0) is 80.2 Å². The molecule has 0 spiro atoms. The maximum atomic E-state index is 9.59. The van der Waals surface area contributed by atoms with Crippen LogP contribution in [0.25, 0.3) is 0 Å². The summed E-state index contributed by atoms with van der Waals surface area (Å²) in [4.78, 5) is 28.8. The highest BCUT2D eigenvalue weighted by Crippen LogP contribution is 2.02. The quantitative estimate of drug-likeness (QED) is 0.119. The van der Waals surface area contributed by atoms with Crippen LogP contribution in [0.2, 0.25) is 18.1 Å². The molecule has 8 aromatic rings. The zero-order valence-electron chi connectivity index (χ0n) is 61.5. The van der Waals surface area contributed by atoms with Gasteiger partial charge in [-0.15, -0.1) is 0 Å². The molecule has 0 aliphatic rings. The van der Waals surface area contributed by atoms with E-state index in [2.05, 4.69) is 259 Å². The average Bonchev–Trinajstić information content (AvgIpc) is 3.72. The number of hydrogen-bond acceptors (Lipinski definition) is 11. The molecule has 0 unspecified atom stereocenters. The van der Waals surface area contributed by atoms with E-state index in [4.69, 9.17) is 10.2 Å². The first-order valence-electron chi connectivity index (χ1n) is 31.4. The van der Waals surface area contributed by atoms with Crippen LogP contribution < -0.4 is 10.4 Å². The monoisotopic (exact) mass is 1410 g/mol. The minimum Gasteiger partial charge on any atom is -0.469 e. The minimum absolute atomic E-state index is 0.245. The average molecular weight is 1420 g/mol. The Kier molecular flexibility index (Phi) is 102. The number of rotatable bonds is 9. The van der Waals surface area contributed by atoms with Crippen molar-refractivity contribution in [1.82, 2.24) is 0 Å². The Bertz CT molecular complexity index is 2330. The highest BCUT2D eigenvalue weighted by atomic mass is 28.2. The fraction of sp³-hybridized carbons (Fsp3) is 0.311. The number of aliphatic hydroxyl groups is 2. The van der Waals surface area contributed by atoms with Crippen molar-refractivity contribution in [2.45, 2.75) is 76.3 Å². The zero-order chi connectivity index (χ0) is 72.2. The molecular weight excluding hydrogens is 1290 g/mol. The van der Waals surface area contributed by atoms with E-state index in [-0.39, 0.29) is 17.9 Å². The molecule has 93 heavy (non-hydrogen) atoms. The Balaban J connectivity index is -0.000000140. The lowest BCUT2D eigenvalue weighted by molar-refractivity contribution is -0.138. The molecule has 0 bridgehead atoms. The summed E-state index contributed by atoms with van der Waals surface area (Å²) in [5.41, 5.74) is 8.85. The van der Waals surface area contributed by atoms with Crippen LogP contribution in [0.3, 0.4) is 0 Å². The molecular formula is C74H126O11Si8. The summed E-state index contributed by atoms with van der Waals surface area (Å²) >= 11 is 0. The highest BCUT2D eigenvalue weighted by molar-refractivity contribution is 6.32. The first kappa shape index (κ1) is 103. The molecule has 0 aliphatic carbocycles. The van der Waals surface area contributed by atoms with Gasteiger partial charge in [-0.25, -0.2) is 0 Å². The molecule has 0 saturated carbocycles. The smallest absolute Gasteiger partial charge is 0.302 e. The van der Waals surface area contributed by atoms with Gasteiger partial charge < -0.3 is 38.6 Å². The lowest BCUT2D eigenvalue weighted by Crippen LogP contribution is -1.97. The van der Waals surface area contributed by atoms with Crippen molar-refractivity contribution in [2.75, 3.05) is 78.2 Å². The number of esters is 3. The molecule has 0 amide bonds. The summed E-state index contributed by atoms with van der Waals surface area (Å²) in [6.45, 7) is 4.08. The van der Waals surface area contributed by atoms with Crippen molar-refractivity contribution in [3.05, 3.63) is 276 Å². The molecule has 0 aromatic heterocycles. The number of aryl methyl sites for hydroxylation is 3.